The summed E-state index contributed by atoms with van der Waals surface area (Å²) in [6, 6.07) is 15.6. The Morgan fingerprint density at radius 2 is 1.79 bits per heavy atom. The second kappa shape index (κ2) is 16.3. The largest absolute Gasteiger partial charge is 0.445 e. The van der Waals surface area contributed by atoms with Crippen LogP contribution in [0.25, 0.3) is 0 Å². The highest BCUT2D eigenvalue weighted by molar-refractivity contribution is 6.30. The molecule has 0 aromatic heterocycles. The Labute approximate surface area is 252 Å². The molecule has 3 atom stereocenters. The van der Waals surface area contributed by atoms with Crippen LogP contribution in [0.2, 0.25) is 5.02 Å². The Morgan fingerprint density at radius 3 is 2.45 bits per heavy atom. The molecular weight excluding hydrogens is 558 g/mol. The molecule has 2 unspecified atom stereocenters. The number of alkyl carbamates (subject to hydrolysis) is 1. The fourth-order valence-electron chi connectivity index (χ4n) is 5.36. The monoisotopic (exact) mass is 599 g/mol. The summed E-state index contributed by atoms with van der Waals surface area (Å²) in [6.45, 7) is 2.02. The van der Waals surface area contributed by atoms with Crippen LogP contribution in [0.4, 0.5) is 4.79 Å². The molecule has 10 heteroatoms. The third-order valence-corrected chi connectivity index (χ3v) is 7.92. The Hall–Kier alpha value is -3.43. The summed E-state index contributed by atoms with van der Waals surface area (Å²) in [4.78, 5) is 52.6. The van der Waals surface area contributed by atoms with Crippen molar-refractivity contribution in [2.75, 3.05) is 13.6 Å². The summed E-state index contributed by atoms with van der Waals surface area (Å²) in [7, 11) is 1.67. The number of ether oxygens (including phenoxy) is 1. The molecule has 42 heavy (non-hydrogen) atoms. The van der Waals surface area contributed by atoms with E-state index in [0.717, 1.165) is 37.7 Å². The van der Waals surface area contributed by atoms with Gasteiger partial charge in [-0.3, -0.25) is 14.4 Å². The average Bonchev–Trinajstić information content (AvgIpc) is 2.99. The maximum atomic E-state index is 13.4. The molecule has 0 spiro atoms. The minimum atomic E-state index is -2.29. The number of nitrogens with zero attached hydrogens (tertiary/aromatic N) is 1. The number of rotatable bonds is 14. The second-order valence-corrected chi connectivity index (χ2v) is 11.7. The molecule has 2 aromatic carbocycles. The van der Waals surface area contributed by atoms with Gasteiger partial charge >= 0.3 is 6.09 Å². The molecule has 0 heterocycles. The quantitative estimate of drug-likeness (QED) is 0.215. The van der Waals surface area contributed by atoms with Crippen molar-refractivity contribution in [3.8, 4) is 0 Å². The van der Waals surface area contributed by atoms with Crippen molar-refractivity contribution in [2.24, 2.45) is 11.8 Å². The second-order valence-electron chi connectivity index (χ2n) is 11.3. The van der Waals surface area contributed by atoms with Gasteiger partial charge in [0.1, 0.15) is 12.6 Å². The van der Waals surface area contributed by atoms with E-state index in [4.69, 9.17) is 16.3 Å². The smallest absolute Gasteiger partial charge is 0.408 e. The van der Waals surface area contributed by atoms with E-state index in [2.05, 4.69) is 10.6 Å². The van der Waals surface area contributed by atoms with Crippen molar-refractivity contribution in [3.63, 3.8) is 0 Å². The SMILES string of the molecule is CC(CC(O)(C=O)NC(=O)[C@H](CC1CCCCC1)NC(=O)OCc1cccc(Cl)c1)C(=O)N(C)CCc1ccccc1. The average molecular weight is 600 g/mol. The first-order chi connectivity index (χ1) is 20.1. The highest BCUT2D eigenvalue weighted by Crippen LogP contribution is 2.28. The first-order valence-electron chi connectivity index (χ1n) is 14.6. The highest BCUT2D eigenvalue weighted by atomic mass is 35.5. The van der Waals surface area contributed by atoms with Crippen molar-refractivity contribution >= 4 is 35.8 Å². The zero-order valence-electron chi connectivity index (χ0n) is 24.4. The molecule has 3 amide bonds. The number of carbonyl (C=O) groups excluding carboxylic acids is 4. The molecule has 9 nitrogen and oxygen atoms in total. The van der Waals surface area contributed by atoms with E-state index in [-0.39, 0.29) is 31.1 Å². The maximum Gasteiger partial charge on any atom is 0.408 e. The van der Waals surface area contributed by atoms with E-state index in [0.29, 0.717) is 30.0 Å². The number of hydrogen-bond acceptors (Lipinski definition) is 6. The molecule has 0 aliphatic heterocycles. The summed E-state index contributed by atoms with van der Waals surface area (Å²) in [6.07, 6.45) is 5.14. The molecule has 3 N–H and O–H groups in total. The van der Waals surface area contributed by atoms with Gasteiger partial charge in [0.15, 0.2) is 12.0 Å². The van der Waals surface area contributed by atoms with Gasteiger partial charge in [0, 0.05) is 31.0 Å². The van der Waals surface area contributed by atoms with Crippen LogP contribution in [-0.2, 0) is 32.1 Å². The summed E-state index contributed by atoms with van der Waals surface area (Å²) in [5, 5.41) is 16.6. The molecule has 1 fully saturated rings. The zero-order valence-corrected chi connectivity index (χ0v) is 25.1. The number of benzene rings is 2. The lowest BCUT2D eigenvalue weighted by molar-refractivity contribution is -0.145. The Morgan fingerprint density at radius 1 is 1.10 bits per heavy atom. The first-order valence-corrected chi connectivity index (χ1v) is 14.9. The first kappa shape index (κ1) is 33.1. The predicted molar refractivity (Wildman–Crippen MR) is 160 cm³/mol. The number of hydrogen-bond donors (Lipinski definition) is 3. The van der Waals surface area contributed by atoms with E-state index < -0.39 is 29.7 Å². The molecule has 2 aromatic rings. The van der Waals surface area contributed by atoms with Gasteiger partial charge < -0.3 is 25.4 Å². The number of aldehydes is 1. The van der Waals surface area contributed by atoms with Crippen LogP contribution in [0.15, 0.2) is 54.6 Å². The van der Waals surface area contributed by atoms with Crippen molar-refractivity contribution in [1.29, 1.82) is 0 Å². The number of halogens is 1. The van der Waals surface area contributed by atoms with E-state index in [9.17, 15) is 24.3 Å². The fraction of sp³-hybridized carbons (Fsp3) is 0.500. The van der Waals surface area contributed by atoms with Crippen LogP contribution in [0.1, 0.15) is 63.0 Å². The lowest BCUT2D eigenvalue weighted by Gasteiger charge is -2.31. The van der Waals surface area contributed by atoms with E-state index in [1.165, 1.54) is 0 Å². The summed E-state index contributed by atoms with van der Waals surface area (Å²) < 4.78 is 5.32. The van der Waals surface area contributed by atoms with Crippen molar-refractivity contribution < 1.29 is 29.0 Å². The summed E-state index contributed by atoms with van der Waals surface area (Å²) >= 11 is 6.00. The van der Waals surface area contributed by atoms with Crippen LogP contribution in [0.5, 0.6) is 0 Å². The zero-order chi connectivity index (χ0) is 30.5. The Kier molecular flexibility index (Phi) is 12.8. The molecule has 0 saturated heterocycles. The minimum Gasteiger partial charge on any atom is -0.445 e. The number of carbonyl (C=O) groups is 4. The van der Waals surface area contributed by atoms with Crippen molar-refractivity contribution in [2.45, 2.75) is 76.7 Å². The van der Waals surface area contributed by atoms with Gasteiger partial charge in [-0.2, -0.15) is 0 Å². The van der Waals surface area contributed by atoms with E-state index in [1.54, 1.807) is 43.1 Å². The van der Waals surface area contributed by atoms with Crippen LogP contribution in [0, 0.1) is 11.8 Å². The fourth-order valence-corrected chi connectivity index (χ4v) is 5.57. The van der Waals surface area contributed by atoms with E-state index >= 15 is 0 Å². The number of nitrogens with one attached hydrogen (secondary N) is 2. The van der Waals surface area contributed by atoms with Crippen LogP contribution in [-0.4, -0.2) is 59.6 Å². The molecular formula is C32H42ClN3O6. The third-order valence-electron chi connectivity index (χ3n) is 7.69. The molecule has 0 bridgehead atoms. The normalized spacial score (nSPS) is 16.4. The van der Waals surface area contributed by atoms with Crippen LogP contribution >= 0.6 is 11.6 Å². The third kappa shape index (κ3) is 10.8. The molecule has 1 aliphatic rings. The highest BCUT2D eigenvalue weighted by Gasteiger charge is 2.37. The lowest BCUT2D eigenvalue weighted by Crippen LogP contribution is -2.58. The summed E-state index contributed by atoms with van der Waals surface area (Å²) in [5.41, 5.74) is -0.512. The number of amides is 3. The van der Waals surface area contributed by atoms with Gasteiger partial charge in [-0.05, 0) is 42.0 Å². The van der Waals surface area contributed by atoms with Crippen molar-refractivity contribution in [1.82, 2.24) is 15.5 Å². The number of likely N-dealkylation sites (N-methyl/N-ethyl adjacent to an activating group) is 1. The van der Waals surface area contributed by atoms with Gasteiger partial charge in [-0.15, -0.1) is 0 Å². The predicted octanol–water partition coefficient (Wildman–Crippen LogP) is 4.64. The minimum absolute atomic E-state index is 0.0418. The van der Waals surface area contributed by atoms with E-state index in [1.807, 2.05) is 30.3 Å². The molecule has 1 aliphatic carbocycles. The maximum absolute atomic E-state index is 13.4. The Bertz CT molecular complexity index is 1190. The van der Waals surface area contributed by atoms with Crippen molar-refractivity contribution in [3.05, 3.63) is 70.7 Å². The van der Waals surface area contributed by atoms with Gasteiger partial charge in [-0.1, -0.05) is 93.1 Å². The lowest BCUT2D eigenvalue weighted by atomic mass is 9.84. The van der Waals surface area contributed by atoms with Gasteiger partial charge in [0.05, 0.1) is 0 Å². The molecule has 3 rings (SSSR count). The Balaban J connectivity index is 1.61. The van der Waals surface area contributed by atoms with Crippen LogP contribution in [0.3, 0.4) is 0 Å². The molecule has 0 radical (unpaired) electrons. The molecule has 228 valence electrons. The molecule has 1 saturated carbocycles. The number of aliphatic hydroxyl groups is 1. The van der Waals surface area contributed by atoms with Gasteiger partial charge in [0.2, 0.25) is 11.8 Å². The standard InChI is InChI=1S/C32H42ClN3O6/c1-23(30(39)36(2)17-16-24-10-5-3-6-11-24)20-32(41,22-37)35-29(38)28(19-25-12-7-4-8-13-25)34-31(40)42-21-26-14-9-15-27(33)18-26/h3,5-6,9-11,14-15,18,22-23,25,28,41H,4,7-8,12-13,16-17,19-21H2,1-2H3,(H,34,40)(H,35,38)/t23?,28-,32?/m0/s1. The van der Waals surface area contributed by atoms with Gasteiger partial charge in [-0.25, -0.2) is 4.79 Å². The van der Waals surface area contributed by atoms with Gasteiger partial charge in [0.25, 0.3) is 0 Å². The summed E-state index contributed by atoms with van der Waals surface area (Å²) in [5.74, 6) is -1.53. The topological polar surface area (TPSA) is 125 Å². The van der Waals surface area contributed by atoms with Crippen LogP contribution < -0.4 is 10.6 Å².